The molecule has 0 aromatic heterocycles. The van der Waals surface area contributed by atoms with Crippen LogP contribution in [0.5, 0.6) is 0 Å². The number of nitrogens with zero attached hydrogens (tertiary/aromatic N) is 2. The van der Waals surface area contributed by atoms with Gasteiger partial charge in [-0.05, 0) is 18.0 Å². The molecule has 0 aromatic rings. The number of ether oxygens (including phenoxy) is 1. The first kappa shape index (κ1) is 13.1. The van der Waals surface area contributed by atoms with E-state index < -0.39 is 4.92 Å². The van der Waals surface area contributed by atoms with Crippen LogP contribution in [-0.2, 0) is 4.74 Å². The Morgan fingerprint density at radius 2 is 2.44 bits per heavy atom. The molecule has 1 atom stereocenters. The van der Waals surface area contributed by atoms with Gasteiger partial charge in [0.25, 0.3) is 0 Å². The highest BCUT2D eigenvalue weighted by molar-refractivity contribution is 6.28. The molecule has 0 saturated carbocycles. The highest BCUT2D eigenvalue weighted by atomic mass is 35.5. The lowest BCUT2D eigenvalue weighted by molar-refractivity contribution is -0.414. The van der Waals surface area contributed by atoms with Crippen LogP contribution in [0.25, 0.3) is 0 Å². The summed E-state index contributed by atoms with van der Waals surface area (Å²) in [5.41, 5.74) is 0. The lowest BCUT2D eigenvalue weighted by atomic mass is 10.1. The van der Waals surface area contributed by atoms with Gasteiger partial charge in [-0.25, -0.2) is 0 Å². The van der Waals surface area contributed by atoms with Gasteiger partial charge in [0, 0.05) is 33.2 Å². The van der Waals surface area contributed by atoms with Gasteiger partial charge in [-0.1, -0.05) is 0 Å². The van der Waals surface area contributed by atoms with E-state index >= 15 is 0 Å². The number of rotatable bonds is 5. The van der Waals surface area contributed by atoms with Gasteiger partial charge in [-0.3, -0.25) is 10.1 Å². The van der Waals surface area contributed by atoms with Gasteiger partial charge in [0.2, 0.25) is 0 Å². The molecule has 7 heteroatoms. The zero-order valence-electron chi connectivity index (χ0n) is 9.40. The van der Waals surface area contributed by atoms with Crippen LogP contribution in [0.15, 0.2) is 11.0 Å². The van der Waals surface area contributed by atoms with Crippen LogP contribution in [0.4, 0.5) is 0 Å². The lowest BCUT2D eigenvalue weighted by Crippen LogP contribution is -2.32. The standard InChI is InChI=1S/C9H16ClN3O3/c1-11-9(8(10)13(14)15)12(2)5-7-3-4-16-6-7/h7,11H,3-6H2,1-2H3. The van der Waals surface area contributed by atoms with Crippen molar-refractivity contribution in [2.75, 3.05) is 33.9 Å². The molecular weight excluding hydrogens is 234 g/mol. The second kappa shape index (κ2) is 5.91. The Labute approximate surface area is 99.3 Å². The Morgan fingerprint density at radius 1 is 1.75 bits per heavy atom. The molecule has 1 aliphatic heterocycles. The molecule has 0 spiro atoms. The van der Waals surface area contributed by atoms with Crippen LogP contribution in [0.3, 0.4) is 0 Å². The molecular formula is C9H16ClN3O3. The van der Waals surface area contributed by atoms with Gasteiger partial charge in [-0.2, -0.15) is 0 Å². The minimum atomic E-state index is -0.602. The van der Waals surface area contributed by atoms with Crippen molar-refractivity contribution in [1.82, 2.24) is 10.2 Å². The van der Waals surface area contributed by atoms with E-state index in [1.165, 1.54) is 0 Å². The number of nitro groups is 1. The van der Waals surface area contributed by atoms with E-state index in [0.717, 1.165) is 13.0 Å². The summed E-state index contributed by atoms with van der Waals surface area (Å²) in [6.07, 6.45) is 0.984. The fourth-order valence-corrected chi connectivity index (χ4v) is 1.98. The third-order valence-corrected chi connectivity index (χ3v) is 2.85. The average molecular weight is 250 g/mol. The molecule has 1 N–H and O–H groups in total. The SMILES string of the molecule is CNC(=C(Cl)[N+](=O)[O-])N(C)CC1CCOC1. The van der Waals surface area contributed by atoms with E-state index in [-0.39, 0.29) is 5.16 Å². The highest BCUT2D eigenvalue weighted by Gasteiger charge is 2.23. The quantitative estimate of drug-likeness (QED) is 0.444. The number of hydrogen-bond donors (Lipinski definition) is 1. The molecule has 1 saturated heterocycles. The Hall–Kier alpha value is -1.01. The van der Waals surface area contributed by atoms with Crippen molar-refractivity contribution in [3.8, 4) is 0 Å². The summed E-state index contributed by atoms with van der Waals surface area (Å²) >= 11 is 5.61. The van der Waals surface area contributed by atoms with Crippen molar-refractivity contribution >= 4 is 11.6 Å². The van der Waals surface area contributed by atoms with Crippen molar-refractivity contribution in [2.24, 2.45) is 5.92 Å². The maximum absolute atomic E-state index is 10.6. The van der Waals surface area contributed by atoms with Crippen molar-refractivity contribution in [1.29, 1.82) is 0 Å². The molecule has 16 heavy (non-hydrogen) atoms. The molecule has 6 nitrogen and oxygen atoms in total. The maximum atomic E-state index is 10.6. The van der Waals surface area contributed by atoms with Gasteiger partial charge in [0.15, 0.2) is 5.82 Å². The van der Waals surface area contributed by atoms with Crippen LogP contribution in [0, 0.1) is 16.0 Å². The molecule has 0 aromatic carbocycles. The largest absolute Gasteiger partial charge is 0.381 e. The Balaban J connectivity index is 2.65. The van der Waals surface area contributed by atoms with E-state index in [2.05, 4.69) is 5.32 Å². The summed E-state index contributed by atoms with van der Waals surface area (Å²) < 4.78 is 5.25. The summed E-state index contributed by atoms with van der Waals surface area (Å²) in [6, 6.07) is 0. The molecule has 0 amide bonds. The van der Waals surface area contributed by atoms with Gasteiger partial charge in [0.1, 0.15) is 0 Å². The summed E-state index contributed by atoms with van der Waals surface area (Å²) in [5.74, 6) is 0.739. The summed E-state index contributed by atoms with van der Waals surface area (Å²) in [4.78, 5) is 11.7. The summed E-state index contributed by atoms with van der Waals surface area (Å²) in [7, 11) is 3.39. The molecule has 0 radical (unpaired) electrons. The Kier molecular flexibility index (Phi) is 4.82. The first-order valence-corrected chi connectivity index (χ1v) is 5.44. The van der Waals surface area contributed by atoms with Crippen LogP contribution in [0.2, 0.25) is 0 Å². The Bertz CT molecular complexity index is 290. The van der Waals surface area contributed by atoms with Gasteiger partial charge >= 0.3 is 5.16 Å². The van der Waals surface area contributed by atoms with Gasteiger partial charge in [0.05, 0.1) is 11.5 Å². The minimum absolute atomic E-state index is 0.332. The van der Waals surface area contributed by atoms with Crippen LogP contribution in [-0.4, -0.2) is 43.7 Å². The number of halogens is 1. The van der Waals surface area contributed by atoms with E-state index in [4.69, 9.17) is 16.3 Å². The molecule has 0 bridgehead atoms. The third kappa shape index (κ3) is 3.24. The molecule has 1 aliphatic rings. The zero-order valence-corrected chi connectivity index (χ0v) is 10.2. The minimum Gasteiger partial charge on any atom is -0.381 e. The van der Waals surface area contributed by atoms with Crippen molar-refractivity contribution < 1.29 is 9.66 Å². The third-order valence-electron chi connectivity index (χ3n) is 2.53. The lowest BCUT2D eigenvalue weighted by Gasteiger charge is -2.23. The Morgan fingerprint density at radius 3 is 2.88 bits per heavy atom. The molecule has 1 unspecified atom stereocenters. The smallest absolute Gasteiger partial charge is 0.377 e. The predicted octanol–water partition coefficient (Wildman–Crippen LogP) is 0.816. The molecule has 1 fully saturated rings. The van der Waals surface area contributed by atoms with Crippen LogP contribution >= 0.6 is 11.6 Å². The monoisotopic (exact) mass is 249 g/mol. The maximum Gasteiger partial charge on any atom is 0.377 e. The average Bonchev–Trinajstić information content (AvgIpc) is 2.71. The van der Waals surface area contributed by atoms with Crippen molar-refractivity contribution in [3.05, 3.63) is 21.1 Å². The molecule has 0 aliphatic carbocycles. The predicted molar refractivity (Wildman–Crippen MR) is 60.5 cm³/mol. The second-order valence-corrected chi connectivity index (χ2v) is 4.11. The fraction of sp³-hybridized carbons (Fsp3) is 0.778. The fourth-order valence-electron chi connectivity index (χ4n) is 1.74. The molecule has 1 heterocycles. The van der Waals surface area contributed by atoms with E-state index in [9.17, 15) is 10.1 Å². The highest BCUT2D eigenvalue weighted by Crippen LogP contribution is 2.17. The zero-order chi connectivity index (χ0) is 12.1. The van der Waals surface area contributed by atoms with Crippen LogP contribution < -0.4 is 5.32 Å². The summed E-state index contributed by atoms with van der Waals surface area (Å²) in [5, 5.41) is 12.9. The van der Waals surface area contributed by atoms with Crippen molar-refractivity contribution in [2.45, 2.75) is 6.42 Å². The first-order valence-electron chi connectivity index (χ1n) is 5.07. The first-order chi connectivity index (χ1) is 7.56. The summed E-state index contributed by atoms with van der Waals surface area (Å²) in [6.45, 7) is 2.16. The van der Waals surface area contributed by atoms with Crippen LogP contribution in [0.1, 0.15) is 6.42 Å². The molecule has 92 valence electrons. The number of nitrogens with one attached hydrogen (secondary N) is 1. The van der Waals surface area contributed by atoms with Gasteiger partial charge in [-0.15, -0.1) is 0 Å². The van der Waals surface area contributed by atoms with E-state index in [0.29, 0.717) is 24.9 Å². The van der Waals surface area contributed by atoms with E-state index in [1.54, 1.807) is 19.0 Å². The van der Waals surface area contributed by atoms with Crippen molar-refractivity contribution in [3.63, 3.8) is 0 Å². The normalized spacial score (nSPS) is 21.6. The topological polar surface area (TPSA) is 67.6 Å². The van der Waals surface area contributed by atoms with Gasteiger partial charge < -0.3 is 15.0 Å². The second-order valence-electron chi connectivity index (χ2n) is 3.76. The van der Waals surface area contributed by atoms with E-state index in [1.807, 2.05) is 0 Å². The molecule has 1 rings (SSSR count). The number of hydrogen-bond acceptors (Lipinski definition) is 5.